The number of carbonyl (C=O) groups excluding carboxylic acids is 1. The summed E-state index contributed by atoms with van der Waals surface area (Å²) >= 11 is 3.16. The zero-order chi connectivity index (χ0) is 15.6. The van der Waals surface area contributed by atoms with Crippen LogP contribution in [0.5, 0.6) is 0 Å². The van der Waals surface area contributed by atoms with Crippen molar-refractivity contribution in [2.75, 3.05) is 26.0 Å². The van der Waals surface area contributed by atoms with Crippen molar-refractivity contribution in [2.45, 2.75) is 24.5 Å². The average Bonchev–Trinajstić information content (AvgIpc) is 3.18. The fourth-order valence-electron chi connectivity index (χ4n) is 1.82. The SMILES string of the molecule is COCCCNC(=O)CSc1nncn1CCc1cccs1. The molecule has 6 nitrogen and oxygen atoms in total. The van der Waals surface area contributed by atoms with E-state index in [4.69, 9.17) is 4.74 Å². The Bertz CT molecular complexity index is 557. The first kappa shape index (κ1) is 17.0. The molecule has 0 saturated heterocycles. The van der Waals surface area contributed by atoms with Crippen LogP contribution in [0.15, 0.2) is 29.0 Å². The second-order valence-corrected chi connectivity index (χ2v) is 6.60. The topological polar surface area (TPSA) is 69.0 Å². The van der Waals surface area contributed by atoms with E-state index in [1.54, 1.807) is 24.8 Å². The minimum absolute atomic E-state index is 0.00825. The third kappa shape index (κ3) is 5.78. The number of thiophene rings is 1. The summed E-state index contributed by atoms with van der Waals surface area (Å²) in [6.45, 7) is 2.12. The Morgan fingerprint density at radius 3 is 3.23 bits per heavy atom. The summed E-state index contributed by atoms with van der Waals surface area (Å²) in [5.74, 6) is 0.360. The Morgan fingerprint density at radius 1 is 1.55 bits per heavy atom. The van der Waals surface area contributed by atoms with Crippen LogP contribution in [-0.4, -0.2) is 46.7 Å². The first-order valence-electron chi connectivity index (χ1n) is 7.08. The van der Waals surface area contributed by atoms with Crippen molar-refractivity contribution in [1.29, 1.82) is 0 Å². The van der Waals surface area contributed by atoms with Crippen LogP contribution in [-0.2, 0) is 22.5 Å². The molecule has 0 aliphatic carbocycles. The van der Waals surface area contributed by atoms with Gasteiger partial charge in [0.05, 0.1) is 5.75 Å². The van der Waals surface area contributed by atoms with E-state index in [1.807, 2.05) is 4.57 Å². The van der Waals surface area contributed by atoms with Crippen LogP contribution in [0.1, 0.15) is 11.3 Å². The van der Waals surface area contributed by atoms with Gasteiger partial charge in [0, 0.05) is 31.7 Å². The number of hydrogen-bond donors (Lipinski definition) is 1. The van der Waals surface area contributed by atoms with Crippen LogP contribution in [0.25, 0.3) is 0 Å². The molecular weight excluding hydrogens is 320 g/mol. The first-order valence-corrected chi connectivity index (χ1v) is 8.94. The molecule has 2 rings (SSSR count). The summed E-state index contributed by atoms with van der Waals surface area (Å²) in [6.07, 6.45) is 3.49. The van der Waals surface area contributed by atoms with Gasteiger partial charge in [-0.2, -0.15) is 0 Å². The van der Waals surface area contributed by atoms with Crippen molar-refractivity contribution in [3.05, 3.63) is 28.7 Å². The van der Waals surface area contributed by atoms with Gasteiger partial charge in [-0.15, -0.1) is 21.5 Å². The van der Waals surface area contributed by atoms with Crippen molar-refractivity contribution in [1.82, 2.24) is 20.1 Å². The zero-order valence-corrected chi connectivity index (χ0v) is 14.2. The molecule has 1 amide bonds. The molecule has 2 aromatic rings. The number of rotatable bonds is 10. The molecule has 0 saturated carbocycles. The van der Waals surface area contributed by atoms with Crippen molar-refractivity contribution < 1.29 is 9.53 Å². The molecule has 0 aliphatic heterocycles. The molecule has 0 aromatic carbocycles. The Morgan fingerprint density at radius 2 is 2.45 bits per heavy atom. The Balaban J connectivity index is 1.71. The van der Waals surface area contributed by atoms with Gasteiger partial charge in [-0.1, -0.05) is 17.8 Å². The number of nitrogens with one attached hydrogen (secondary N) is 1. The molecule has 0 fully saturated rings. The molecule has 0 aliphatic rings. The highest BCUT2D eigenvalue weighted by atomic mass is 32.2. The largest absolute Gasteiger partial charge is 0.385 e. The molecule has 0 radical (unpaired) electrons. The maximum Gasteiger partial charge on any atom is 0.230 e. The van der Waals surface area contributed by atoms with E-state index in [9.17, 15) is 4.79 Å². The van der Waals surface area contributed by atoms with Crippen LogP contribution >= 0.6 is 23.1 Å². The number of aryl methyl sites for hydroxylation is 2. The molecule has 0 unspecified atom stereocenters. The lowest BCUT2D eigenvalue weighted by Crippen LogP contribution is -2.27. The highest BCUT2D eigenvalue weighted by molar-refractivity contribution is 7.99. The van der Waals surface area contributed by atoms with Crippen LogP contribution in [0.3, 0.4) is 0 Å². The van der Waals surface area contributed by atoms with Crippen LogP contribution in [0, 0.1) is 0 Å². The molecule has 22 heavy (non-hydrogen) atoms. The van der Waals surface area contributed by atoms with Gasteiger partial charge >= 0.3 is 0 Å². The number of methoxy groups -OCH3 is 1. The smallest absolute Gasteiger partial charge is 0.230 e. The molecular formula is C14H20N4O2S2. The lowest BCUT2D eigenvalue weighted by atomic mass is 10.3. The number of ether oxygens (including phenoxy) is 1. The Kier molecular flexibility index (Phi) is 7.41. The molecule has 1 N–H and O–H groups in total. The van der Waals surface area contributed by atoms with Crippen molar-refractivity contribution in [3.8, 4) is 0 Å². The molecule has 0 atom stereocenters. The minimum atomic E-state index is 0.00825. The first-order chi connectivity index (χ1) is 10.8. The standard InChI is InChI=1S/C14H20N4O2S2/c1-20-8-3-6-15-13(19)10-22-14-17-16-11-18(14)7-5-12-4-2-9-21-12/h2,4,9,11H,3,5-8,10H2,1H3,(H,15,19). The second-order valence-electron chi connectivity index (χ2n) is 4.62. The van der Waals surface area contributed by atoms with Gasteiger partial charge in [0.1, 0.15) is 6.33 Å². The molecule has 0 bridgehead atoms. The van der Waals surface area contributed by atoms with Gasteiger partial charge < -0.3 is 14.6 Å². The normalized spacial score (nSPS) is 10.8. The van der Waals surface area contributed by atoms with Gasteiger partial charge in [-0.05, 0) is 24.3 Å². The second kappa shape index (κ2) is 9.60. The van der Waals surface area contributed by atoms with Gasteiger partial charge in [0.15, 0.2) is 5.16 Å². The van der Waals surface area contributed by atoms with E-state index >= 15 is 0 Å². The fourth-order valence-corrected chi connectivity index (χ4v) is 3.29. The molecule has 2 heterocycles. The van der Waals surface area contributed by atoms with E-state index in [0.29, 0.717) is 18.9 Å². The third-order valence-electron chi connectivity index (χ3n) is 2.94. The van der Waals surface area contributed by atoms with E-state index in [2.05, 4.69) is 33.0 Å². The Hall–Kier alpha value is -1.38. The van der Waals surface area contributed by atoms with Crippen molar-refractivity contribution >= 4 is 29.0 Å². The lowest BCUT2D eigenvalue weighted by Gasteiger charge is -2.06. The summed E-state index contributed by atoms with van der Waals surface area (Å²) in [6, 6.07) is 4.17. The predicted octanol–water partition coefficient (Wildman–Crippen LogP) is 1.83. The molecule has 120 valence electrons. The summed E-state index contributed by atoms with van der Waals surface area (Å²) in [7, 11) is 1.65. The van der Waals surface area contributed by atoms with Gasteiger partial charge in [0.25, 0.3) is 0 Å². The third-order valence-corrected chi connectivity index (χ3v) is 4.86. The number of hydrogen-bond acceptors (Lipinski definition) is 6. The van der Waals surface area contributed by atoms with Crippen LogP contribution in [0.4, 0.5) is 0 Å². The number of aromatic nitrogens is 3. The number of thioether (sulfide) groups is 1. The summed E-state index contributed by atoms with van der Waals surface area (Å²) in [5, 5.41) is 13.7. The Labute approximate surface area is 138 Å². The fraction of sp³-hybridized carbons (Fsp3) is 0.500. The van der Waals surface area contributed by atoms with Crippen LogP contribution in [0.2, 0.25) is 0 Å². The lowest BCUT2D eigenvalue weighted by molar-refractivity contribution is -0.118. The van der Waals surface area contributed by atoms with Gasteiger partial charge in [-0.3, -0.25) is 4.79 Å². The van der Waals surface area contributed by atoms with E-state index in [1.165, 1.54) is 16.6 Å². The minimum Gasteiger partial charge on any atom is -0.385 e. The number of amides is 1. The van der Waals surface area contributed by atoms with Crippen molar-refractivity contribution in [3.63, 3.8) is 0 Å². The highest BCUT2D eigenvalue weighted by Crippen LogP contribution is 2.16. The number of nitrogens with zero attached hydrogens (tertiary/aromatic N) is 3. The summed E-state index contributed by atoms with van der Waals surface area (Å²) in [5.41, 5.74) is 0. The van der Waals surface area contributed by atoms with Gasteiger partial charge in [0.2, 0.25) is 5.91 Å². The quantitative estimate of drug-likeness (QED) is 0.528. The average molecular weight is 340 g/mol. The van der Waals surface area contributed by atoms with Crippen LogP contribution < -0.4 is 5.32 Å². The monoisotopic (exact) mass is 340 g/mol. The van der Waals surface area contributed by atoms with Gasteiger partial charge in [-0.25, -0.2) is 0 Å². The molecule has 2 aromatic heterocycles. The highest BCUT2D eigenvalue weighted by Gasteiger charge is 2.08. The summed E-state index contributed by atoms with van der Waals surface area (Å²) in [4.78, 5) is 13.1. The van der Waals surface area contributed by atoms with E-state index in [-0.39, 0.29) is 5.91 Å². The van der Waals surface area contributed by atoms with E-state index in [0.717, 1.165) is 24.5 Å². The molecule has 0 spiro atoms. The zero-order valence-electron chi connectivity index (χ0n) is 12.5. The predicted molar refractivity (Wildman–Crippen MR) is 88.3 cm³/mol. The molecule has 8 heteroatoms. The van der Waals surface area contributed by atoms with E-state index < -0.39 is 0 Å². The maximum absolute atomic E-state index is 11.7. The summed E-state index contributed by atoms with van der Waals surface area (Å²) < 4.78 is 6.93. The number of carbonyl (C=O) groups is 1. The van der Waals surface area contributed by atoms with Crippen molar-refractivity contribution in [2.24, 2.45) is 0 Å². The maximum atomic E-state index is 11.7.